The van der Waals surface area contributed by atoms with Crippen LogP contribution in [-0.4, -0.2) is 24.3 Å². The Kier molecular flexibility index (Phi) is 5.90. The van der Waals surface area contributed by atoms with Gasteiger partial charge in [0.25, 0.3) is 0 Å². The molecular formula is C16H18O3. The van der Waals surface area contributed by atoms with Crippen molar-refractivity contribution in [3.63, 3.8) is 0 Å². The molecule has 1 N–H and O–H groups in total. The van der Waals surface area contributed by atoms with Crippen molar-refractivity contribution in [3.05, 3.63) is 54.1 Å². The van der Waals surface area contributed by atoms with E-state index in [1.165, 1.54) is 0 Å². The van der Waals surface area contributed by atoms with Gasteiger partial charge < -0.3 is 14.7 Å². The maximum absolute atomic E-state index is 10.8. The van der Waals surface area contributed by atoms with Crippen molar-refractivity contribution >= 4 is 18.1 Å². The van der Waals surface area contributed by atoms with Crippen LogP contribution >= 0.6 is 0 Å². The second kappa shape index (κ2) is 7.44. The number of rotatable bonds is 3. The van der Waals surface area contributed by atoms with E-state index < -0.39 is 5.41 Å². The summed E-state index contributed by atoms with van der Waals surface area (Å²) in [5.74, 6) is 0. The molecule has 100 valence electrons. The van der Waals surface area contributed by atoms with Crippen LogP contribution < -0.4 is 0 Å². The second-order valence-electron chi connectivity index (χ2n) is 4.23. The van der Waals surface area contributed by atoms with Gasteiger partial charge in [0.2, 0.25) is 0 Å². The third kappa shape index (κ3) is 4.00. The highest BCUT2D eigenvalue weighted by Gasteiger charge is 2.27. The van der Waals surface area contributed by atoms with E-state index in [2.05, 4.69) is 0 Å². The number of allylic oxidation sites excluding steroid dienone is 4. The fourth-order valence-electron chi connectivity index (χ4n) is 1.71. The van der Waals surface area contributed by atoms with E-state index in [0.29, 0.717) is 19.0 Å². The number of hydrogen-bond acceptors (Lipinski definition) is 3. The molecule has 1 aromatic carbocycles. The number of hydrogen-bond donors (Lipinski definition) is 1. The summed E-state index contributed by atoms with van der Waals surface area (Å²) in [6.07, 6.45) is 7.29. The van der Waals surface area contributed by atoms with Gasteiger partial charge in [-0.1, -0.05) is 48.6 Å². The van der Waals surface area contributed by atoms with Crippen LogP contribution in [0.3, 0.4) is 0 Å². The first-order valence-corrected chi connectivity index (χ1v) is 6.19. The lowest BCUT2D eigenvalue weighted by Gasteiger charge is -2.19. The smallest absolute Gasteiger partial charge is 0.137 e. The molecule has 3 heteroatoms. The number of aliphatic hydroxyl groups excluding tert-OH is 1. The molecule has 0 fully saturated rings. The highest BCUT2D eigenvalue weighted by Crippen LogP contribution is 2.29. The van der Waals surface area contributed by atoms with E-state index in [1.807, 2.05) is 42.5 Å². The topological polar surface area (TPSA) is 54.4 Å². The first kappa shape index (κ1) is 15.1. The molecule has 0 aromatic heterocycles. The quantitative estimate of drug-likeness (QED) is 0.669. The molecule has 0 heterocycles. The van der Waals surface area contributed by atoms with Crippen molar-refractivity contribution in [1.82, 2.24) is 0 Å². The molecule has 19 heavy (non-hydrogen) atoms. The molecule has 0 aliphatic heterocycles. The molecule has 3 nitrogen and oxygen atoms in total. The first-order valence-electron chi connectivity index (χ1n) is 6.19. The molecule has 0 spiro atoms. The lowest BCUT2D eigenvalue weighted by Crippen LogP contribution is -2.22. The number of carbonyl (C=O) groups excluding carboxylic acids is 2. The molecule has 0 radical (unpaired) electrons. The van der Waals surface area contributed by atoms with E-state index in [0.717, 1.165) is 11.1 Å². The molecule has 1 aromatic rings. The maximum atomic E-state index is 10.8. The first-order chi connectivity index (χ1) is 9.21. The van der Waals surface area contributed by atoms with E-state index in [1.54, 1.807) is 13.0 Å². The average Bonchev–Trinajstić information content (AvgIpc) is 2.49. The van der Waals surface area contributed by atoms with Gasteiger partial charge >= 0.3 is 0 Å². The molecule has 0 atom stereocenters. The predicted octanol–water partition coefficient (Wildman–Crippen LogP) is 2.41. The minimum Gasteiger partial charge on any atom is -0.397 e. The molecule has 0 amide bonds. The zero-order valence-corrected chi connectivity index (χ0v) is 11.0. The van der Waals surface area contributed by atoms with Crippen molar-refractivity contribution < 1.29 is 14.7 Å². The normalized spacial score (nSPS) is 15.8. The van der Waals surface area contributed by atoms with E-state index in [9.17, 15) is 9.59 Å². The van der Waals surface area contributed by atoms with Crippen LogP contribution in [0.1, 0.15) is 18.9 Å². The van der Waals surface area contributed by atoms with E-state index >= 15 is 0 Å². The molecule has 0 saturated heterocycles. The highest BCUT2D eigenvalue weighted by molar-refractivity contribution is 5.90. The van der Waals surface area contributed by atoms with Gasteiger partial charge in [-0.2, -0.15) is 0 Å². The predicted molar refractivity (Wildman–Crippen MR) is 75.5 cm³/mol. The molecular weight excluding hydrogens is 240 g/mol. The summed E-state index contributed by atoms with van der Waals surface area (Å²) < 4.78 is 0. The number of benzene rings is 1. The van der Waals surface area contributed by atoms with Gasteiger partial charge in [-0.3, -0.25) is 0 Å². The van der Waals surface area contributed by atoms with Crippen LogP contribution in [0.5, 0.6) is 0 Å². The van der Waals surface area contributed by atoms with Gasteiger partial charge in [-0.05, 0) is 24.5 Å². The van der Waals surface area contributed by atoms with Crippen molar-refractivity contribution in [3.8, 4) is 0 Å². The van der Waals surface area contributed by atoms with Crippen molar-refractivity contribution in [2.45, 2.75) is 13.3 Å². The second-order valence-corrected chi connectivity index (χ2v) is 4.23. The van der Waals surface area contributed by atoms with Gasteiger partial charge in [-0.15, -0.1) is 0 Å². The molecule has 1 aliphatic rings. The summed E-state index contributed by atoms with van der Waals surface area (Å²) in [5.41, 5.74) is 1.21. The Hall–Kier alpha value is -2.00. The Labute approximate surface area is 113 Å². The SMILES string of the molecule is CCO.O=CC1(C=O)C=CC(c2ccccc2)=CC1. The fraction of sp³-hybridized carbons (Fsp3) is 0.250. The summed E-state index contributed by atoms with van der Waals surface area (Å²) in [6, 6.07) is 9.89. The van der Waals surface area contributed by atoms with E-state index in [4.69, 9.17) is 5.11 Å². The van der Waals surface area contributed by atoms with Crippen LogP contribution in [0.15, 0.2) is 48.6 Å². The minimum absolute atomic E-state index is 0.250. The van der Waals surface area contributed by atoms with Crippen molar-refractivity contribution in [1.29, 1.82) is 0 Å². The van der Waals surface area contributed by atoms with Crippen molar-refractivity contribution in [2.75, 3.05) is 6.61 Å². The zero-order chi connectivity index (χ0) is 14.1. The number of aldehydes is 2. The molecule has 0 unspecified atom stereocenters. The number of aliphatic hydroxyl groups is 1. The Morgan fingerprint density at radius 1 is 1.21 bits per heavy atom. The van der Waals surface area contributed by atoms with Gasteiger partial charge in [-0.25, -0.2) is 0 Å². The third-order valence-corrected chi connectivity index (χ3v) is 2.79. The average molecular weight is 258 g/mol. The summed E-state index contributed by atoms with van der Waals surface area (Å²) in [6.45, 7) is 1.93. The van der Waals surface area contributed by atoms with Gasteiger partial charge in [0.1, 0.15) is 18.0 Å². The van der Waals surface area contributed by atoms with Crippen molar-refractivity contribution in [2.24, 2.45) is 5.41 Å². The summed E-state index contributed by atoms with van der Waals surface area (Å²) in [7, 11) is 0. The Balaban J connectivity index is 0.000000550. The number of carbonyl (C=O) groups is 2. The van der Waals surface area contributed by atoms with Crippen LogP contribution in [-0.2, 0) is 9.59 Å². The van der Waals surface area contributed by atoms with Gasteiger partial charge in [0, 0.05) is 6.61 Å². The lowest BCUT2D eigenvalue weighted by atomic mass is 9.82. The van der Waals surface area contributed by atoms with Crippen LogP contribution in [0, 0.1) is 5.41 Å². The van der Waals surface area contributed by atoms with Gasteiger partial charge in [0.05, 0.1) is 0 Å². The molecule has 0 saturated carbocycles. The van der Waals surface area contributed by atoms with Crippen LogP contribution in [0.2, 0.25) is 0 Å². The fourth-order valence-corrected chi connectivity index (χ4v) is 1.71. The van der Waals surface area contributed by atoms with E-state index in [-0.39, 0.29) is 6.61 Å². The third-order valence-electron chi connectivity index (χ3n) is 2.79. The summed E-state index contributed by atoms with van der Waals surface area (Å²) in [5, 5.41) is 7.57. The minimum atomic E-state index is -0.946. The Morgan fingerprint density at radius 2 is 1.79 bits per heavy atom. The van der Waals surface area contributed by atoms with Gasteiger partial charge in [0.15, 0.2) is 0 Å². The monoisotopic (exact) mass is 258 g/mol. The lowest BCUT2D eigenvalue weighted by molar-refractivity contribution is -0.123. The maximum Gasteiger partial charge on any atom is 0.137 e. The standard InChI is InChI=1S/C14H12O2.C2H6O/c15-10-14(11-16)8-6-13(7-9-14)12-4-2-1-3-5-12;1-2-3/h1-8,10-11H,9H2;3H,2H2,1H3. The zero-order valence-electron chi connectivity index (χ0n) is 11.0. The van der Waals surface area contributed by atoms with Crippen LogP contribution in [0.4, 0.5) is 0 Å². The largest absolute Gasteiger partial charge is 0.397 e. The molecule has 0 bridgehead atoms. The highest BCUT2D eigenvalue weighted by atomic mass is 16.2. The molecule has 2 rings (SSSR count). The Morgan fingerprint density at radius 3 is 2.21 bits per heavy atom. The molecule has 1 aliphatic carbocycles. The van der Waals surface area contributed by atoms with Crippen LogP contribution in [0.25, 0.3) is 5.57 Å². The Bertz CT molecular complexity index is 464. The summed E-state index contributed by atoms with van der Waals surface area (Å²) in [4.78, 5) is 21.7. The summed E-state index contributed by atoms with van der Waals surface area (Å²) >= 11 is 0.